The van der Waals surface area contributed by atoms with Crippen LogP contribution in [0.15, 0.2) is 0 Å². The van der Waals surface area contributed by atoms with Gasteiger partial charge in [0.25, 0.3) is 0 Å². The van der Waals surface area contributed by atoms with Crippen LogP contribution in [0.5, 0.6) is 0 Å². The molecule has 0 heterocycles. The SMILES string of the molecule is OCCCO.[BiH3]. The summed E-state index contributed by atoms with van der Waals surface area (Å²) in [7, 11) is 0. The van der Waals surface area contributed by atoms with Gasteiger partial charge in [-0.2, -0.15) is 0 Å². The number of hydrogen-bond donors (Lipinski definition) is 2. The summed E-state index contributed by atoms with van der Waals surface area (Å²) < 4.78 is 0. The van der Waals surface area contributed by atoms with Crippen molar-refractivity contribution < 1.29 is 10.2 Å². The molecule has 40 valence electrons. The van der Waals surface area contributed by atoms with Gasteiger partial charge in [-0.1, -0.05) is 0 Å². The summed E-state index contributed by atoms with van der Waals surface area (Å²) in [4.78, 5) is 0. The monoisotopic (exact) mass is 288 g/mol. The van der Waals surface area contributed by atoms with Crippen molar-refractivity contribution in [3.05, 3.63) is 0 Å². The normalized spacial score (nSPS) is 7.00. The molecule has 0 aliphatic carbocycles. The van der Waals surface area contributed by atoms with E-state index in [1.54, 1.807) is 0 Å². The summed E-state index contributed by atoms with van der Waals surface area (Å²) in [5.74, 6) is 0. The Bertz CT molecular complexity index is 16.3. The van der Waals surface area contributed by atoms with Crippen molar-refractivity contribution in [3.8, 4) is 0 Å². The van der Waals surface area contributed by atoms with Crippen molar-refractivity contribution in [2.75, 3.05) is 13.2 Å². The van der Waals surface area contributed by atoms with Crippen LogP contribution in [-0.2, 0) is 0 Å². The summed E-state index contributed by atoms with van der Waals surface area (Å²) >= 11 is 0. The number of aliphatic hydroxyl groups is 2. The molecule has 6 heavy (non-hydrogen) atoms. The van der Waals surface area contributed by atoms with Crippen LogP contribution in [0.25, 0.3) is 0 Å². The van der Waals surface area contributed by atoms with E-state index in [1.165, 1.54) is 0 Å². The molecular formula is C3H11BiO2. The summed E-state index contributed by atoms with van der Waals surface area (Å²) in [6, 6.07) is 0. The van der Waals surface area contributed by atoms with E-state index in [0.717, 1.165) is 0 Å². The molecule has 3 heteroatoms. The van der Waals surface area contributed by atoms with Gasteiger partial charge in [0, 0.05) is 13.2 Å². The second kappa shape index (κ2) is 9.26. The van der Waals surface area contributed by atoms with E-state index in [1.807, 2.05) is 0 Å². The van der Waals surface area contributed by atoms with Crippen LogP contribution in [0.1, 0.15) is 6.42 Å². The molecule has 0 aliphatic rings. The van der Waals surface area contributed by atoms with Crippen LogP contribution >= 0.6 is 0 Å². The fourth-order valence-corrected chi connectivity index (χ4v) is 0.0707. The molecule has 0 bridgehead atoms. The van der Waals surface area contributed by atoms with Crippen LogP contribution in [0.4, 0.5) is 0 Å². The molecule has 0 aromatic rings. The van der Waals surface area contributed by atoms with Gasteiger partial charge in [0.1, 0.15) is 0 Å². The molecule has 0 amide bonds. The first kappa shape index (κ1) is 9.93. The third kappa shape index (κ3) is 8.84. The number of aliphatic hydroxyl groups excluding tert-OH is 2. The first-order valence-corrected chi connectivity index (χ1v) is 1.63. The van der Waals surface area contributed by atoms with Gasteiger partial charge in [0.15, 0.2) is 0 Å². The first-order chi connectivity index (χ1) is 2.41. The van der Waals surface area contributed by atoms with Crippen LogP contribution < -0.4 is 0 Å². The third-order valence-electron chi connectivity index (χ3n) is 0.316. The Labute approximate surface area is 56.3 Å². The van der Waals surface area contributed by atoms with Crippen molar-refractivity contribution in [1.29, 1.82) is 0 Å². The van der Waals surface area contributed by atoms with Crippen LogP contribution in [0, 0.1) is 0 Å². The molecule has 0 atom stereocenters. The Morgan fingerprint density at radius 2 is 1.33 bits per heavy atom. The molecule has 2 N–H and O–H groups in total. The van der Waals surface area contributed by atoms with E-state index in [2.05, 4.69) is 0 Å². The van der Waals surface area contributed by atoms with Crippen LogP contribution in [-0.4, -0.2) is 49.6 Å². The van der Waals surface area contributed by atoms with E-state index in [-0.39, 0.29) is 39.4 Å². The molecule has 0 saturated heterocycles. The molecule has 0 rings (SSSR count). The topological polar surface area (TPSA) is 40.5 Å². The number of rotatable bonds is 2. The van der Waals surface area contributed by atoms with Crippen molar-refractivity contribution in [1.82, 2.24) is 0 Å². The fourth-order valence-electron chi connectivity index (χ4n) is 0.0707. The zero-order valence-corrected chi connectivity index (χ0v) is 9.22. The Hall–Kier alpha value is 0.803. The van der Waals surface area contributed by atoms with Crippen molar-refractivity contribution in [2.45, 2.75) is 6.42 Å². The minimum absolute atomic E-state index is 0. The average Bonchev–Trinajstić information content (AvgIpc) is 1.41. The van der Waals surface area contributed by atoms with E-state index < -0.39 is 0 Å². The Kier molecular flexibility index (Phi) is 15.3. The summed E-state index contributed by atoms with van der Waals surface area (Å²) in [5, 5.41) is 15.8. The Balaban J connectivity index is 0. The molecule has 0 fully saturated rings. The summed E-state index contributed by atoms with van der Waals surface area (Å²) in [6.45, 7) is 0.188. The van der Waals surface area contributed by atoms with Crippen LogP contribution in [0.3, 0.4) is 0 Å². The molecule has 0 saturated carbocycles. The molecule has 0 unspecified atom stereocenters. The number of hydrogen-bond acceptors (Lipinski definition) is 2. The van der Waals surface area contributed by atoms with Crippen molar-refractivity contribution in [2.24, 2.45) is 0 Å². The van der Waals surface area contributed by atoms with Gasteiger partial charge in [-0.25, -0.2) is 0 Å². The van der Waals surface area contributed by atoms with Gasteiger partial charge in [0.2, 0.25) is 0 Å². The predicted octanol–water partition coefficient (Wildman–Crippen LogP) is -1.82. The molecular weight excluding hydrogens is 277 g/mol. The predicted molar refractivity (Wildman–Crippen MR) is 28.7 cm³/mol. The Morgan fingerprint density at radius 3 is 1.33 bits per heavy atom. The quantitative estimate of drug-likeness (QED) is 0.587. The standard InChI is InChI=1S/C3H8O2.Bi.3H/c4-2-1-3-5;;;;/h4-5H,1-3H2;;;;. The van der Waals surface area contributed by atoms with Gasteiger partial charge in [-0.15, -0.1) is 0 Å². The van der Waals surface area contributed by atoms with Crippen molar-refractivity contribution >= 4 is 26.2 Å². The van der Waals surface area contributed by atoms with E-state index in [4.69, 9.17) is 10.2 Å². The van der Waals surface area contributed by atoms with Gasteiger partial charge in [0.05, 0.1) is 0 Å². The van der Waals surface area contributed by atoms with Gasteiger partial charge >= 0.3 is 26.2 Å². The maximum absolute atomic E-state index is 7.91. The molecule has 0 aliphatic heterocycles. The first-order valence-electron chi connectivity index (χ1n) is 1.63. The zero-order valence-electron chi connectivity index (χ0n) is 3.72. The molecule has 0 aromatic heterocycles. The van der Waals surface area contributed by atoms with E-state index in [0.29, 0.717) is 6.42 Å². The molecule has 0 aromatic carbocycles. The van der Waals surface area contributed by atoms with Crippen LogP contribution in [0.2, 0.25) is 0 Å². The van der Waals surface area contributed by atoms with Gasteiger partial charge in [-0.3, -0.25) is 0 Å². The van der Waals surface area contributed by atoms with Gasteiger partial charge in [-0.05, 0) is 6.42 Å². The molecule has 2 nitrogen and oxygen atoms in total. The minimum atomic E-state index is 0. The summed E-state index contributed by atoms with van der Waals surface area (Å²) in [6.07, 6.45) is 0.500. The zero-order chi connectivity index (χ0) is 4.12. The van der Waals surface area contributed by atoms with Crippen molar-refractivity contribution in [3.63, 3.8) is 0 Å². The summed E-state index contributed by atoms with van der Waals surface area (Å²) in [5.41, 5.74) is 0. The Morgan fingerprint density at radius 1 is 1.00 bits per heavy atom. The van der Waals surface area contributed by atoms with E-state index in [9.17, 15) is 0 Å². The second-order valence-corrected chi connectivity index (χ2v) is 0.801. The average molecular weight is 288 g/mol. The van der Waals surface area contributed by atoms with E-state index >= 15 is 0 Å². The maximum atomic E-state index is 7.91. The second-order valence-electron chi connectivity index (χ2n) is 0.801. The van der Waals surface area contributed by atoms with Gasteiger partial charge < -0.3 is 10.2 Å². The third-order valence-corrected chi connectivity index (χ3v) is 0.316. The molecule has 0 radical (unpaired) electrons. The fraction of sp³-hybridized carbons (Fsp3) is 1.00. The molecule has 0 spiro atoms.